The Morgan fingerprint density at radius 3 is 1.41 bits per heavy atom. The maximum absolute atomic E-state index is 2.28. The minimum atomic E-state index is 0. The summed E-state index contributed by atoms with van der Waals surface area (Å²) < 4.78 is 4.57. The Labute approximate surface area is 208 Å². The highest BCUT2D eigenvalue weighted by Gasteiger charge is 2.13. The van der Waals surface area contributed by atoms with E-state index in [4.69, 9.17) is 0 Å². The molecular weight excluding hydrogens is 582 g/mol. The van der Waals surface area contributed by atoms with E-state index in [2.05, 4.69) is 96.3 Å². The molecule has 0 spiro atoms. The fourth-order valence-electron chi connectivity index (χ4n) is 4.14. The van der Waals surface area contributed by atoms with Crippen LogP contribution in [0, 0.1) is 0 Å². The van der Waals surface area contributed by atoms with E-state index in [1.807, 2.05) is 0 Å². The maximum atomic E-state index is 2.28. The van der Waals surface area contributed by atoms with Gasteiger partial charge in [-0.1, -0.05) is 42.8 Å². The molecular formula is C25H28I2N2. The Bertz CT molecular complexity index is 1010. The number of benzene rings is 2. The topological polar surface area (TPSA) is 7.76 Å². The molecule has 2 aromatic heterocycles. The normalized spacial score (nSPS) is 10.6. The molecule has 2 heterocycles. The monoisotopic (exact) mass is 610 g/mol. The van der Waals surface area contributed by atoms with Gasteiger partial charge in [-0.25, -0.2) is 9.13 Å². The third kappa shape index (κ3) is 5.45. The molecule has 2 aromatic carbocycles. The van der Waals surface area contributed by atoms with E-state index in [9.17, 15) is 0 Å². The van der Waals surface area contributed by atoms with E-state index in [1.165, 1.54) is 52.2 Å². The molecule has 4 heteroatoms. The van der Waals surface area contributed by atoms with Crippen molar-refractivity contribution < 1.29 is 57.1 Å². The lowest BCUT2D eigenvalue weighted by Crippen LogP contribution is -3.00. The van der Waals surface area contributed by atoms with Crippen molar-refractivity contribution in [3.05, 3.63) is 84.4 Å². The summed E-state index contributed by atoms with van der Waals surface area (Å²) >= 11 is 0. The van der Waals surface area contributed by atoms with Gasteiger partial charge in [-0.2, -0.15) is 0 Å². The third-order valence-electron chi connectivity index (χ3n) is 5.68. The Morgan fingerprint density at radius 2 is 0.966 bits per heavy atom. The van der Waals surface area contributed by atoms with Crippen LogP contribution in [0.15, 0.2) is 73.1 Å². The van der Waals surface area contributed by atoms with Crippen LogP contribution in [-0.4, -0.2) is 0 Å². The molecule has 152 valence electrons. The summed E-state index contributed by atoms with van der Waals surface area (Å²) in [6.45, 7) is 0. The summed E-state index contributed by atoms with van der Waals surface area (Å²) in [6.07, 6.45) is 10.4. The SMILES string of the molecule is C[n+]1ccc2ccccc2c1CCCCCc1c2ccccc2cc[n+]1C.[I-].[I-]. The van der Waals surface area contributed by atoms with Gasteiger partial charge in [0, 0.05) is 35.7 Å². The number of aryl methyl sites for hydroxylation is 4. The number of hydrogen-bond donors (Lipinski definition) is 0. The van der Waals surface area contributed by atoms with Gasteiger partial charge in [-0.3, -0.25) is 0 Å². The number of pyridine rings is 2. The van der Waals surface area contributed by atoms with E-state index >= 15 is 0 Å². The molecule has 4 rings (SSSR count). The van der Waals surface area contributed by atoms with Gasteiger partial charge in [0.05, 0.1) is 0 Å². The molecule has 0 atom stereocenters. The first-order valence-electron chi connectivity index (χ1n) is 9.96. The number of aromatic nitrogens is 2. The predicted octanol–water partition coefficient (Wildman–Crippen LogP) is -1.39. The van der Waals surface area contributed by atoms with E-state index < -0.39 is 0 Å². The Hall–Kier alpha value is -1.28. The van der Waals surface area contributed by atoms with Gasteiger partial charge in [0.25, 0.3) is 0 Å². The molecule has 0 aliphatic carbocycles. The van der Waals surface area contributed by atoms with Gasteiger partial charge >= 0.3 is 0 Å². The lowest BCUT2D eigenvalue weighted by atomic mass is 10.0. The molecule has 0 aliphatic heterocycles. The van der Waals surface area contributed by atoms with Gasteiger partial charge in [-0.15, -0.1) is 0 Å². The minimum Gasteiger partial charge on any atom is -1.00 e. The van der Waals surface area contributed by atoms with E-state index in [1.54, 1.807) is 0 Å². The van der Waals surface area contributed by atoms with Crippen LogP contribution in [0.4, 0.5) is 0 Å². The zero-order valence-electron chi connectivity index (χ0n) is 17.1. The summed E-state index contributed by atoms with van der Waals surface area (Å²) in [5.41, 5.74) is 2.90. The van der Waals surface area contributed by atoms with Gasteiger partial charge in [0.1, 0.15) is 14.1 Å². The summed E-state index contributed by atoms with van der Waals surface area (Å²) in [5, 5.41) is 5.47. The molecule has 0 N–H and O–H groups in total. The highest BCUT2D eigenvalue weighted by atomic mass is 127. The molecule has 0 fully saturated rings. The molecule has 0 unspecified atom stereocenters. The maximum Gasteiger partial charge on any atom is 0.188 e. The van der Waals surface area contributed by atoms with Crippen LogP contribution in [0.1, 0.15) is 30.7 Å². The molecule has 0 saturated heterocycles. The van der Waals surface area contributed by atoms with Crippen LogP contribution in [0.3, 0.4) is 0 Å². The molecule has 29 heavy (non-hydrogen) atoms. The average molecular weight is 610 g/mol. The van der Waals surface area contributed by atoms with Gasteiger partial charge in [-0.05, 0) is 35.7 Å². The minimum absolute atomic E-state index is 0. The van der Waals surface area contributed by atoms with Gasteiger partial charge in [0.15, 0.2) is 23.8 Å². The zero-order chi connectivity index (χ0) is 18.6. The second-order valence-corrected chi connectivity index (χ2v) is 7.48. The van der Waals surface area contributed by atoms with Crippen LogP contribution in [0.5, 0.6) is 0 Å². The Morgan fingerprint density at radius 1 is 0.552 bits per heavy atom. The van der Waals surface area contributed by atoms with E-state index in [0.717, 1.165) is 12.8 Å². The lowest BCUT2D eigenvalue weighted by Gasteiger charge is -2.06. The Kier molecular flexibility index (Phi) is 9.27. The summed E-state index contributed by atoms with van der Waals surface area (Å²) in [5.74, 6) is 0. The third-order valence-corrected chi connectivity index (χ3v) is 5.68. The quantitative estimate of drug-likeness (QED) is 0.145. The second kappa shape index (κ2) is 11.2. The summed E-state index contributed by atoms with van der Waals surface area (Å²) in [6, 6.07) is 21.9. The standard InChI is InChI=1S/C25H28N2.2HI/c1-26-18-16-20-10-6-8-12-22(20)24(26)14-4-3-5-15-25-23-13-9-7-11-21(23)17-19-27(25)2;;/h6-13,16-19H,3-5,14-15H2,1-2H3;2*1H/q+2;;/p-2. The van der Waals surface area contributed by atoms with Crippen molar-refractivity contribution in [1.82, 2.24) is 0 Å². The molecule has 0 amide bonds. The van der Waals surface area contributed by atoms with E-state index in [-0.39, 0.29) is 48.0 Å². The number of unbranched alkanes of at least 4 members (excludes halogenated alkanes) is 2. The van der Waals surface area contributed by atoms with Crippen molar-refractivity contribution in [3.8, 4) is 0 Å². The van der Waals surface area contributed by atoms with Gasteiger partial charge < -0.3 is 48.0 Å². The predicted molar refractivity (Wildman–Crippen MR) is 112 cm³/mol. The van der Waals surface area contributed by atoms with Crippen molar-refractivity contribution in [3.63, 3.8) is 0 Å². The summed E-state index contributed by atoms with van der Waals surface area (Å²) in [7, 11) is 4.33. The van der Waals surface area contributed by atoms with Gasteiger partial charge in [0.2, 0.25) is 0 Å². The highest BCUT2D eigenvalue weighted by Crippen LogP contribution is 2.19. The second-order valence-electron chi connectivity index (χ2n) is 7.48. The average Bonchev–Trinajstić information content (AvgIpc) is 2.70. The molecule has 2 nitrogen and oxygen atoms in total. The number of rotatable bonds is 6. The highest BCUT2D eigenvalue weighted by molar-refractivity contribution is 5.84. The molecule has 0 saturated carbocycles. The first kappa shape index (κ1) is 24.0. The van der Waals surface area contributed by atoms with Crippen molar-refractivity contribution >= 4 is 21.5 Å². The van der Waals surface area contributed by atoms with Crippen LogP contribution >= 0.6 is 0 Å². The molecule has 0 aliphatic rings. The number of hydrogen-bond acceptors (Lipinski definition) is 0. The molecule has 0 bridgehead atoms. The molecule has 4 aromatic rings. The largest absolute Gasteiger partial charge is 1.00 e. The first-order chi connectivity index (χ1) is 13.2. The van der Waals surface area contributed by atoms with E-state index in [0.29, 0.717) is 0 Å². The number of nitrogens with zero attached hydrogens (tertiary/aromatic N) is 2. The van der Waals surface area contributed by atoms with Crippen LogP contribution in [0.2, 0.25) is 0 Å². The Balaban J connectivity index is 0.00000150. The first-order valence-corrected chi connectivity index (χ1v) is 9.96. The van der Waals surface area contributed by atoms with Crippen molar-refractivity contribution in [1.29, 1.82) is 0 Å². The number of fused-ring (bicyclic) bond motifs is 2. The molecule has 0 radical (unpaired) electrons. The fraction of sp³-hybridized carbons (Fsp3) is 0.280. The van der Waals surface area contributed by atoms with Crippen LogP contribution in [-0.2, 0) is 26.9 Å². The van der Waals surface area contributed by atoms with Crippen LogP contribution < -0.4 is 57.1 Å². The van der Waals surface area contributed by atoms with Crippen molar-refractivity contribution in [2.24, 2.45) is 14.1 Å². The zero-order valence-corrected chi connectivity index (χ0v) is 21.4. The number of halogens is 2. The smallest absolute Gasteiger partial charge is 0.188 e. The lowest BCUT2D eigenvalue weighted by molar-refractivity contribution is -0.677. The van der Waals surface area contributed by atoms with Crippen molar-refractivity contribution in [2.75, 3.05) is 0 Å². The summed E-state index contributed by atoms with van der Waals surface area (Å²) in [4.78, 5) is 0. The fourth-order valence-corrected chi connectivity index (χ4v) is 4.14. The van der Waals surface area contributed by atoms with Crippen LogP contribution in [0.25, 0.3) is 21.5 Å². The van der Waals surface area contributed by atoms with Crippen molar-refractivity contribution in [2.45, 2.75) is 32.1 Å².